The van der Waals surface area contributed by atoms with E-state index in [1.54, 1.807) is 24.2 Å². The number of aryl methyl sites for hydroxylation is 1. The molecule has 4 aromatic rings. The summed E-state index contributed by atoms with van der Waals surface area (Å²) >= 11 is 0. The van der Waals surface area contributed by atoms with Gasteiger partial charge in [-0.25, -0.2) is 4.98 Å². The molecule has 0 radical (unpaired) electrons. The second-order valence-electron chi connectivity index (χ2n) is 6.72. The maximum absolute atomic E-state index is 5.54. The van der Waals surface area contributed by atoms with Crippen molar-refractivity contribution in [1.29, 1.82) is 0 Å². The highest BCUT2D eigenvalue weighted by Crippen LogP contribution is 2.31. The Morgan fingerprint density at radius 2 is 2.10 bits per heavy atom. The molecular formula is C21H19N5O3. The van der Waals surface area contributed by atoms with Gasteiger partial charge in [0.25, 0.3) is 5.95 Å². The fourth-order valence-electron chi connectivity index (χ4n) is 3.40. The minimum Gasteiger partial charge on any atom is -0.496 e. The van der Waals surface area contributed by atoms with E-state index in [9.17, 15) is 0 Å². The molecule has 0 aliphatic carbocycles. The van der Waals surface area contributed by atoms with Crippen molar-refractivity contribution in [3.8, 4) is 5.75 Å². The summed E-state index contributed by atoms with van der Waals surface area (Å²) in [7, 11) is 1.64. The van der Waals surface area contributed by atoms with E-state index in [0.29, 0.717) is 29.6 Å². The lowest BCUT2D eigenvalue weighted by Gasteiger charge is -2.21. The highest BCUT2D eigenvalue weighted by molar-refractivity contribution is 5.96. The molecule has 0 unspecified atom stereocenters. The molecule has 0 saturated carbocycles. The first-order valence-electron chi connectivity index (χ1n) is 9.19. The monoisotopic (exact) mass is 389 g/mol. The molecule has 8 nitrogen and oxygen atoms in total. The summed E-state index contributed by atoms with van der Waals surface area (Å²) in [6.45, 7) is 2.72. The van der Waals surface area contributed by atoms with Gasteiger partial charge >= 0.3 is 0 Å². The van der Waals surface area contributed by atoms with Crippen LogP contribution in [0.5, 0.6) is 5.75 Å². The lowest BCUT2D eigenvalue weighted by atomic mass is 10.2. The Bertz CT molecular complexity index is 1230. The quantitative estimate of drug-likeness (QED) is 0.516. The SMILES string of the molecule is COc1cccc2ncn3nc(N(CC4=COCO4)c4cccc(C)c4)nc3c12. The van der Waals surface area contributed by atoms with E-state index in [2.05, 4.69) is 29.1 Å². The molecule has 3 heterocycles. The topological polar surface area (TPSA) is 74.0 Å². The summed E-state index contributed by atoms with van der Waals surface area (Å²) in [5.41, 5.74) is 3.58. The molecule has 146 valence electrons. The van der Waals surface area contributed by atoms with Crippen molar-refractivity contribution >= 4 is 28.2 Å². The average molecular weight is 389 g/mol. The summed E-state index contributed by atoms with van der Waals surface area (Å²) in [6, 6.07) is 13.9. The standard InChI is InChI=1S/C21H19N5O3/c1-14-5-3-6-15(9-14)25(10-16-11-28-13-29-16)21-23-20-19-17(22-12-26(20)24-21)7-4-8-18(19)27-2/h3-9,11-12H,10,13H2,1-2H3. The smallest absolute Gasteiger partial charge is 0.250 e. The van der Waals surface area contributed by atoms with Gasteiger partial charge in [0.15, 0.2) is 11.4 Å². The molecule has 0 bridgehead atoms. The van der Waals surface area contributed by atoms with Crippen molar-refractivity contribution in [1.82, 2.24) is 19.6 Å². The van der Waals surface area contributed by atoms with Crippen molar-refractivity contribution in [2.24, 2.45) is 0 Å². The highest BCUT2D eigenvalue weighted by Gasteiger charge is 2.21. The van der Waals surface area contributed by atoms with E-state index in [4.69, 9.17) is 19.2 Å². The van der Waals surface area contributed by atoms with Gasteiger partial charge in [0.05, 0.1) is 24.6 Å². The van der Waals surface area contributed by atoms with E-state index < -0.39 is 0 Å². The number of benzene rings is 2. The van der Waals surface area contributed by atoms with Crippen LogP contribution in [0.2, 0.25) is 0 Å². The number of ether oxygens (including phenoxy) is 3. The Hall–Kier alpha value is -3.81. The fourth-order valence-corrected chi connectivity index (χ4v) is 3.40. The van der Waals surface area contributed by atoms with Crippen LogP contribution in [0, 0.1) is 6.92 Å². The van der Waals surface area contributed by atoms with Gasteiger partial charge in [-0.1, -0.05) is 18.2 Å². The van der Waals surface area contributed by atoms with E-state index >= 15 is 0 Å². The van der Waals surface area contributed by atoms with E-state index in [1.165, 1.54) is 0 Å². The van der Waals surface area contributed by atoms with Gasteiger partial charge in [0, 0.05) is 5.69 Å². The summed E-state index contributed by atoms with van der Waals surface area (Å²) in [5, 5.41) is 5.50. The van der Waals surface area contributed by atoms with Gasteiger partial charge in [-0.3, -0.25) is 0 Å². The molecule has 0 saturated heterocycles. The third kappa shape index (κ3) is 3.08. The third-order valence-electron chi connectivity index (χ3n) is 4.77. The van der Waals surface area contributed by atoms with Crippen LogP contribution in [0.25, 0.3) is 16.6 Å². The second kappa shape index (κ2) is 6.97. The first kappa shape index (κ1) is 17.3. The van der Waals surface area contributed by atoms with Gasteiger partial charge < -0.3 is 19.1 Å². The molecule has 1 aliphatic heterocycles. The molecule has 29 heavy (non-hydrogen) atoms. The minimum absolute atomic E-state index is 0.224. The predicted molar refractivity (Wildman–Crippen MR) is 108 cm³/mol. The predicted octanol–water partition coefficient (Wildman–Crippen LogP) is 3.58. The normalized spacial score (nSPS) is 13.2. The van der Waals surface area contributed by atoms with Crippen molar-refractivity contribution in [3.05, 3.63) is 66.4 Å². The summed E-state index contributed by atoms with van der Waals surface area (Å²) in [6.07, 6.45) is 3.29. The molecule has 2 aromatic heterocycles. The number of rotatable bonds is 5. The van der Waals surface area contributed by atoms with Gasteiger partial charge in [-0.05, 0) is 36.8 Å². The molecule has 5 rings (SSSR count). The molecule has 0 amide bonds. The molecular weight excluding hydrogens is 370 g/mol. The lowest BCUT2D eigenvalue weighted by Crippen LogP contribution is -2.21. The van der Waals surface area contributed by atoms with Crippen LogP contribution < -0.4 is 9.64 Å². The Morgan fingerprint density at radius 3 is 2.90 bits per heavy atom. The molecule has 0 atom stereocenters. The number of hydrogen-bond acceptors (Lipinski definition) is 7. The second-order valence-corrected chi connectivity index (χ2v) is 6.72. The van der Waals surface area contributed by atoms with E-state index in [0.717, 1.165) is 22.2 Å². The summed E-state index contributed by atoms with van der Waals surface area (Å²) in [4.78, 5) is 11.3. The van der Waals surface area contributed by atoms with Crippen molar-refractivity contribution in [3.63, 3.8) is 0 Å². The van der Waals surface area contributed by atoms with Crippen LogP contribution >= 0.6 is 0 Å². The van der Waals surface area contributed by atoms with Crippen LogP contribution in [0.1, 0.15) is 5.56 Å². The molecule has 0 spiro atoms. The first-order valence-corrected chi connectivity index (χ1v) is 9.19. The number of hydrogen-bond donors (Lipinski definition) is 0. The zero-order valence-electron chi connectivity index (χ0n) is 16.1. The van der Waals surface area contributed by atoms with Gasteiger partial charge in [-0.15, -0.1) is 5.10 Å². The Balaban J connectivity index is 1.68. The van der Waals surface area contributed by atoms with Crippen LogP contribution in [0.3, 0.4) is 0 Å². The zero-order chi connectivity index (χ0) is 19.8. The Morgan fingerprint density at radius 1 is 1.21 bits per heavy atom. The average Bonchev–Trinajstić information content (AvgIpc) is 3.41. The number of fused-ring (bicyclic) bond motifs is 3. The Kier molecular flexibility index (Phi) is 4.16. The van der Waals surface area contributed by atoms with Gasteiger partial charge in [0.2, 0.25) is 6.79 Å². The van der Waals surface area contributed by atoms with Crippen LogP contribution in [0.15, 0.2) is 60.8 Å². The van der Waals surface area contributed by atoms with Gasteiger partial charge in [-0.2, -0.15) is 9.50 Å². The number of nitrogens with zero attached hydrogens (tertiary/aromatic N) is 5. The van der Waals surface area contributed by atoms with Crippen LogP contribution in [-0.2, 0) is 9.47 Å². The number of methoxy groups -OCH3 is 1. The van der Waals surface area contributed by atoms with Crippen LogP contribution in [-0.4, -0.2) is 40.0 Å². The first-order chi connectivity index (χ1) is 14.2. The maximum atomic E-state index is 5.54. The van der Waals surface area contributed by atoms with Crippen LogP contribution in [0.4, 0.5) is 11.6 Å². The fraction of sp³-hybridized carbons (Fsp3) is 0.190. The molecule has 1 aliphatic rings. The molecule has 2 aromatic carbocycles. The molecule has 0 N–H and O–H groups in total. The summed E-state index contributed by atoms with van der Waals surface area (Å²) < 4.78 is 18.0. The number of aromatic nitrogens is 4. The molecule has 8 heteroatoms. The van der Waals surface area contributed by atoms with Crippen molar-refractivity contribution < 1.29 is 14.2 Å². The van der Waals surface area contributed by atoms with E-state index in [-0.39, 0.29) is 6.79 Å². The lowest BCUT2D eigenvalue weighted by molar-refractivity contribution is 0.0800. The third-order valence-corrected chi connectivity index (χ3v) is 4.77. The van der Waals surface area contributed by atoms with Crippen molar-refractivity contribution in [2.45, 2.75) is 6.92 Å². The highest BCUT2D eigenvalue weighted by atomic mass is 16.7. The summed E-state index contributed by atoms with van der Waals surface area (Å²) in [5.74, 6) is 1.95. The zero-order valence-corrected chi connectivity index (χ0v) is 16.1. The van der Waals surface area contributed by atoms with Crippen molar-refractivity contribution in [2.75, 3.05) is 25.3 Å². The Labute approximate surface area is 167 Å². The van der Waals surface area contributed by atoms with E-state index in [1.807, 2.05) is 35.2 Å². The maximum Gasteiger partial charge on any atom is 0.250 e. The molecule has 0 fully saturated rings. The number of anilines is 2. The minimum atomic E-state index is 0.224. The largest absolute Gasteiger partial charge is 0.496 e. The van der Waals surface area contributed by atoms with Gasteiger partial charge in [0.1, 0.15) is 18.3 Å².